The number of pyridine rings is 1. The van der Waals surface area contributed by atoms with Gasteiger partial charge in [0.1, 0.15) is 5.82 Å². The second-order valence-electron chi connectivity index (χ2n) is 5.74. The Balaban J connectivity index is 1.75. The molecule has 1 aromatic carbocycles. The van der Waals surface area contributed by atoms with Crippen LogP contribution in [0.15, 0.2) is 53.6 Å². The number of carbonyl (C=O) groups excluding carboxylic acids is 1. The highest BCUT2D eigenvalue weighted by molar-refractivity contribution is 7.90. The van der Waals surface area contributed by atoms with Crippen LogP contribution in [0.3, 0.4) is 0 Å². The molecule has 1 aliphatic rings. The number of rotatable bonds is 3. The molecule has 7 heteroatoms. The predicted octanol–water partition coefficient (Wildman–Crippen LogP) is 1.45. The Morgan fingerprint density at radius 3 is 2.29 bits per heavy atom. The summed E-state index contributed by atoms with van der Waals surface area (Å²) in [4.78, 5) is 21.0. The van der Waals surface area contributed by atoms with Crippen molar-refractivity contribution in [2.45, 2.75) is 4.90 Å². The van der Waals surface area contributed by atoms with Gasteiger partial charge in [0.2, 0.25) is 0 Å². The maximum Gasteiger partial charge on any atom is 0.255 e. The maximum absolute atomic E-state index is 12.7. The number of hydrogen-bond acceptors (Lipinski definition) is 5. The van der Waals surface area contributed by atoms with E-state index in [0.717, 1.165) is 12.1 Å². The first kappa shape index (κ1) is 16.4. The summed E-state index contributed by atoms with van der Waals surface area (Å²) in [5, 5.41) is 0. The molecule has 1 saturated heterocycles. The van der Waals surface area contributed by atoms with Gasteiger partial charge < -0.3 is 9.80 Å². The van der Waals surface area contributed by atoms with Crippen LogP contribution in [0.25, 0.3) is 0 Å². The minimum Gasteiger partial charge on any atom is -0.353 e. The molecule has 0 atom stereocenters. The fourth-order valence-corrected chi connectivity index (χ4v) is 3.70. The predicted molar refractivity (Wildman–Crippen MR) is 91.9 cm³/mol. The number of amides is 1. The number of benzene rings is 1. The highest BCUT2D eigenvalue weighted by Crippen LogP contribution is 2.19. The van der Waals surface area contributed by atoms with Crippen molar-refractivity contribution in [3.8, 4) is 0 Å². The number of nitrogens with zero attached hydrogens (tertiary/aromatic N) is 3. The first-order valence-corrected chi connectivity index (χ1v) is 9.60. The van der Waals surface area contributed by atoms with Gasteiger partial charge in [0.25, 0.3) is 5.91 Å². The van der Waals surface area contributed by atoms with Crippen molar-refractivity contribution in [3.05, 3.63) is 54.2 Å². The lowest BCUT2D eigenvalue weighted by Crippen LogP contribution is -2.49. The van der Waals surface area contributed by atoms with E-state index in [-0.39, 0.29) is 16.4 Å². The normalized spacial score (nSPS) is 15.4. The van der Waals surface area contributed by atoms with Gasteiger partial charge in [0.05, 0.1) is 10.5 Å². The maximum atomic E-state index is 12.7. The van der Waals surface area contributed by atoms with Crippen LogP contribution in [0, 0.1) is 0 Å². The smallest absolute Gasteiger partial charge is 0.255 e. The van der Waals surface area contributed by atoms with Crippen molar-refractivity contribution in [1.82, 2.24) is 9.88 Å². The number of anilines is 1. The quantitative estimate of drug-likeness (QED) is 0.842. The third kappa shape index (κ3) is 3.41. The minimum absolute atomic E-state index is 0.0853. The van der Waals surface area contributed by atoms with Gasteiger partial charge in [-0.25, -0.2) is 13.4 Å². The standard InChI is InChI=1S/C17H19N3O3S/c1-24(22,23)15-7-3-2-6-14(15)17(21)20-12-10-19(11-13-20)16-8-4-5-9-18-16/h2-9H,10-13H2,1H3. The molecule has 126 valence electrons. The molecule has 24 heavy (non-hydrogen) atoms. The molecule has 2 heterocycles. The first-order chi connectivity index (χ1) is 11.5. The lowest BCUT2D eigenvalue weighted by molar-refractivity contribution is 0.0742. The fourth-order valence-electron chi connectivity index (χ4n) is 2.82. The van der Waals surface area contributed by atoms with Crippen molar-refractivity contribution in [3.63, 3.8) is 0 Å². The molecule has 0 bridgehead atoms. The van der Waals surface area contributed by atoms with E-state index in [1.54, 1.807) is 29.3 Å². The fraction of sp³-hybridized carbons (Fsp3) is 0.294. The zero-order valence-corrected chi connectivity index (χ0v) is 14.2. The summed E-state index contributed by atoms with van der Waals surface area (Å²) < 4.78 is 23.8. The summed E-state index contributed by atoms with van der Waals surface area (Å²) >= 11 is 0. The van der Waals surface area contributed by atoms with Crippen LogP contribution in [0.2, 0.25) is 0 Å². The van der Waals surface area contributed by atoms with E-state index in [1.807, 2.05) is 18.2 Å². The molecule has 1 aromatic heterocycles. The minimum atomic E-state index is -3.44. The summed E-state index contributed by atoms with van der Waals surface area (Å²) in [5.41, 5.74) is 0.242. The topological polar surface area (TPSA) is 70.6 Å². The van der Waals surface area contributed by atoms with Gasteiger partial charge in [-0.3, -0.25) is 4.79 Å². The average molecular weight is 345 g/mol. The Hall–Kier alpha value is -2.41. The van der Waals surface area contributed by atoms with Crippen molar-refractivity contribution < 1.29 is 13.2 Å². The van der Waals surface area contributed by atoms with Gasteiger partial charge >= 0.3 is 0 Å². The van der Waals surface area contributed by atoms with Crippen molar-refractivity contribution >= 4 is 21.6 Å². The van der Waals surface area contributed by atoms with E-state index in [4.69, 9.17) is 0 Å². The van der Waals surface area contributed by atoms with Gasteiger partial charge in [-0.1, -0.05) is 18.2 Å². The summed E-state index contributed by atoms with van der Waals surface area (Å²) in [6.45, 7) is 2.41. The summed E-state index contributed by atoms with van der Waals surface area (Å²) in [6.07, 6.45) is 2.87. The summed E-state index contributed by atoms with van der Waals surface area (Å²) in [6, 6.07) is 12.1. The molecule has 0 N–H and O–H groups in total. The number of sulfone groups is 1. The van der Waals surface area contributed by atoms with Gasteiger partial charge in [0, 0.05) is 38.6 Å². The molecule has 0 unspecified atom stereocenters. The van der Waals surface area contributed by atoms with E-state index >= 15 is 0 Å². The molecule has 0 aliphatic carbocycles. The molecule has 1 fully saturated rings. The van der Waals surface area contributed by atoms with E-state index in [1.165, 1.54) is 6.07 Å². The summed E-state index contributed by atoms with van der Waals surface area (Å²) in [5.74, 6) is 0.651. The molecule has 0 spiro atoms. The Morgan fingerprint density at radius 2 is 1.67 bits per heavy atom. The van der Waals surface area contributed by atoms with Crippen LogP contribution in [-0.2, 0) is 9.84 Å². The van der Waals surface area contributed by atoms with E-state index < -0.39 is 9.84 Å². The Bertz CT molecular complexity index is 829. The second-order valence-corrected chi connectivity index (χ2v) is 7.72. The van der Waals surface area contributed by atoms with Crippen LogP contribution < -0.4 is 4.90 Å². The number of piperazine rings is 1. The first-order valence-electron chi connectivity index (χ1n) is 7.71. The Kier molecular flexibility index (Phi) is 4.53. The molecular weight excluding hydrogens is 326 g/mol. The van der Waals surface area contributed by atoms with Crippen molar-refractivity contribution in [2.24, 2.45) is 0 Å². The van der Waals surface area contributed by atoms with E-state index in [9.17, 15) is 13.2 Å². The lowest BCUT2D eigenvalue weighted by Gasteiger charge is -2.35. The number of carbonyl (C=O) groups is 1. The molecule has 3 rings (SSSR count). The van der Waals surface area contributed by atoms with Crippen LogP contribution in [0.5, 0.6) is 0 Å². The largest absolute Gasteiger partial charge is 0.353 e. The molecule has 1 amide bonds. The van der Waals surface area contributed by atoms with Gasteiger partial charge in [-0.15, -0.1) is 0 Å². The van der Waals surface area contributed by atoms with Crippen LogP contribution in [0.1, 0.15) is 10.4 Å². The molecular formula is C17H19N3O3S. The van der Waals surface area contributed by atoms with Crippen molar-refractivity contribution in [1.29, 1.82) is 0 Å². The Morgan fingerprint density at radius 1 is 1.00 bits per heavy atom. The van der Waals surface area contributed by atoms with Crippen LogP contribution in [-0.4, -0.2) is 56.6 Å². The van der Waals surface area contributed by atoms with Gasteiger partial charge in [0.15, 0.2) is 9.84 Å². The monoisotopic (exact) mass is 345 g/mol. The highest BCUT2D eigenvalue weighted by atomic mass is 32.2. The van der Waals surface area contributed by atoms with Gasteiger partial charge in [-0.05, 0) is 24.3 Å². The van der Waals surface area contributed by atoms with Crippen LogP contribution in [0.4, 0.5) is 5.82 Å². The molecule has 6 nitrogen and oxygen atoms in total. The van der Waals surface area contributed by atoms with E-state index in [2.05, 4.69) is 9.88 Å². The second kappa shape index (κ2) is 6.60. The molecule has 0 radical (unpaired) electrons. The number of aromatic nitrogens is 1. The molecule has 1 aliphatic heterocycles. The lowest BCUT2D eigenvalue weighted by atomic mass is 10.2. The van der Waals surface area contributed by atoms with Gasteiger partial charge in [-0.2, -0.15) is 0 Å². The third-order valence-electron chi connectivity index (χ3n) is 4.06. The Labute approximate surface area is 141 Å². The van der Waals surface area contributed by atoms with Crippen LogP contribution >= 0.6 is 0 Å². The third-order valence-corrected chi connectivity index (χ3v) is 5.21. The SMILES string of the molecule is CS(=O)(=O)c1ccccc1C(=O)N1CCN(c2ccccn2)CC1. The average Bonchev–Trinajstić information content (AvgIpc) is 2.61. The zero-order chi connectivity index (χ0) is 17.2. The van der Waals surface area contributed by atoms with Crippen molar-refractivity contribution in [2.75, 3.05) is 37.3 Å². The molecule has 0 saturated carbocycles. The molecule has 2 aromatic rings. The number of hydrogen-bond donors (Lipinski definition) is 0. The highest BCUT2D eigenvalue weighted by Gasteiger charge is 2.26. The summed E-state index contributed by atoms with van der Waals surface area (Å²) in [7, 11) is -3.44. The zero-order valence-electron chi connectivity index (χ0n) is 13.4. The van der Waals surface area contributed by atoms with E-state index in [0.29, 0.717) is 26.2 Å².